The highest BCUT2D eigenvalue weighted by atomic mass is 16.5. The van der Waals surface area contributed by atoms with Gasteiger partial charge in [-0.1, -0.05) is 80.8 Å². The van der Waals surface area contributed by atoms with Crippen LogP contribution in [0.1, 0.15) is 57.1 Å². The number of amides is 3. The molecule has 240 valence electrons. The van der Waals surface area contributed by atoms with Crippen LogP contribution in [0.15, 0.2) is 72.8 Å². The molecule has 3 aromatic carbocycles. The van der Waals surface area contributed by atoms with E-state index in [4.69, 9.17) is 4.74 Å². The molecule has 8 nitrogen and oxygen atoms in total. The van der Waals surface area contributed by atoms with Crippen molar-refractivity contribution in [2.45, 2.75) is 77.1 Å². The topological polar surface area (TPSA) is 94.1 Å². The third-order valence-electron chi connectivity index (χ3n) is 9.12. The molecule has 3 N–H and O–H groups in total. The predicted molar refractivity (Wildman–Crippen MR) is 179 cm³/mol. The number of anilines is 1. The number of urea groups is 1. The molecule has 1 aliphatic carbocycles. The fourth-order valence-electron chi connectivity index (χ4n) is 6.44. The van der Waals surface area contributed by atoms with Crippen LogP contribution < -0.4 is 15.4 Å². The van der Waals surface area contributed by atoms with Gasteiger partial charge in [-0.25, -0.2) is 4.79 Å². The van der Waals surface area contributed by atoms with Crippen LogP contribution in [-0.2, 0) is 17.8 Å². The third-order valence-corrected chi connectivity index (χ3v) is 9.12. The first kappa shape index (κ1) is 32.5. The maximum Gasteiger partial charge on any atom is 0.319 e. The number of carbonyl (C=O) groups excluding carboxylic acids is 2. The van der Waals surface area contributed by atoms with Gasteiger partial charge in [0.2, 0.25) is 5.91 Å². The van der Waals surface area contributed by atoms with E-state index in [9.17, 15) is 14.7 Å². The monoisotopic (exact) mass is 612 g/mol. The molecule has 2 aliphatic rings. The Balaban J connectivity index is 1.31. The first-order valence-corrected chi connectivity index (χ1v) is 16.4. The maximum absolute atomic E-state index is 13.6. The minimum Gasteiger partial charge on any atom is -0.488 e. The molecule has 1 fully saturated rings. The molecule has 3 amide bonds. The van der Waals surface area contributed by atoms with Crippen LogP contribution >= 0.6 is 0 Å². The van der Waals surface area contributed by atoms with Gasteiger partial charge in [-0.2, -0.15) is 0 Å². The van der Waals surface area contributed by atoms with Crippen LogP contribution in [0.5, 0.6) is 5.75 Å². The van der Waals surface area contributed by atoms with Gasteiger partial charge in [0.25, 0.3) is 0 Å². The molecule has 1 saturated carbocycles. The summed E-state index contributed by atoms with van der Waals surface area (Å²) in [6.45, 7) is 5.75. The molecule has 1 aliphatic heterocycles. The van der Waals surface area contributed by atoms with E-state index in [2.05, 4.69) is 78.0 Å². The van der Waals surface area contributed by atoms with E-state index in [-0.39, 0.29) is 49.1 Å². The van der Waals surface area contributed by atoms with E-state index >= 15 is 0 Å². The van der Waals surface area contributed by atoms with Crippen LogP contribution in [0.2, 0.25) is 0 Å². The number of aliphatic hydroxyl groups is 1. The SMILES string of the molecule is C[C@@H]1CN([C@H](C)CO)C(=O)Cc2cc(NC(=O)NC3CCCCC3)ccc2O[C@H]1CN(C)Cc1ccc(-c2ccccc2)cc1. The summed E-state index contributed by atoms with van der Waals surface area (Å²) in [5.41, 5.74) is 4.95. The zero-order valence-corrected chi connectivity index (χ0v) is 26.9. The molecule has 3 aromatic rings. The third kappa shape index (κ3) is 8.86. The van der Waals surface area contributed by atoms with Crippen molar-refractivity contribution in [2.24, 2.45) is 5.92 Å². The quantitative estimate of drug-likeness (QED) is 0.272. The van der Waals surface area contributed by atoms with Gasteiger partial charge in [-0.3, -0.25) is 9.69 Å². The van der Waals surface area contributed by atoms with Crippen molar-refractivity contribution in [3.63, 3.8) is 0 Å². The second-order valence-electron chi connectivity index (χ2n) is 12.9. The second kappa shape index (κ2) is 15.4. The van der Waals surface area contributed by atoms with Crippen molar-refractivity contribution in [1.82, 2.24) is 15.1 Å². The fourth-order valence-corrected chi connectivity index (χ4v) is 6.44. The minimum absolute atomic E-state index is 0.0101. The van der Waals surface area contributed by atoms with Crippen molar-refractivity contribution >= 4 is 17.6 Å². The van der Waals surface area contributed by atoms with Gasteiger partial charge in [0.05, 0.1) is 19.1 Å². The van der Waals surface area contributed by atoms with Gasteiger partial charge < -0.3 is 25.4 Å². The molecule has 0 bridgehead atoms. The predicted octanol–water partition coefficient (Wildman–Crippen LogP) is 6.09. The summed E-state index contributed by atoms with van der Waals surface area (Å²) in [5, 5.41) is 16.0. The standard InChI is InChI=1S/C37H48N4O4/c1-26-22-41(27(2)25-42)36(43)21-31-20-33(39-37(44)38-32-12-8-5-9-13-32)18-19-34(31)45-35(26)24-40(3)23-28-14-16-30(17-15-28)29-10-6-4-7-11-29/h4,6-7,10-11,14-20,26-27,32,35,42H,5,8-9,12-13,21-25H2,1-3H3,(H2,38,39,44)/t26-,27-,35+/m1/s1. The van der Waals surface area contributed by atoms with E-state index in [0.29, 0.717) is 24.5 Å². The summed E-state index contributed by atoms with van der Waals surface area (Å²) in [6, 6.07) is 24.2. The lowest BCUT2D eigenvalue weighted by Gasteiger charge is -2.34. The zero-order valence-electron chi connectivity index (χ0n) is 26.9. The number of nitrogens with zero attached hydrogens (tertiary/aromatic N) is 2. The molecule has 3 atom stereocenters. The average molecular weight is 613 g/mol. The number of aliphatic hydroxyl groups excluding tert-OH is 1. The Kier molecular flexibility index (Phi) is 11.1. The van der Waals surface area contributed by atoms with Gasteiger partial charge in [0.15, 0.2) is 0 Å². The first-order chi connectivity index (χ1) is 21.8. The summed E-state index contributed by atoms with van der Waals surface area (Å²) >= 11 is 0. The molecule has 0 aromatic heterocycles. The van der Waals surface area contributed by atoms with Gasteiger partial charge >= 0.3 is 6.03 Å². The Morgan fingerprint density at radius 1 is 1.02 bits per heavy atom. The van der Waals surface area contributed by atoms with Crippen LogP contribution in [-0.4, -0.2) is 71.8 Å². The number of nitrogens with one attached hydrogen (secondary N) is 2. The number of rotatable bonds is 9. The Morgan fingerprint density at radius 2 is 1.73 bits per heavy atom. The summed E-state index contributed by atoms with van der Waals surface area (Å²) < 4.78 is 6.69. The van der Waals surface area contributed by atoms with Crippen LogP contribution in [0, 0.1) is 5.92 Å². The molecule has 45 heavy (non-hydrogen) atoms. The maximum atomic E-state index is 13.6. The molecule has 8 heteroatoms. The summed E-state index contributed by atoms with van der Waals surface area (Å²) in [6.07, 6.45) is 5.44. The van der Waals surface area contributed by atoms with Crippen molar-refractivity contribution in [1.29, 1.82) is 0 Å². The van der Waals surface area contributed by atoms with Gasteiger partial charge in [-0.15, -0.1) is 0 Å². The molecule has 0 saturated heterocycles. The Morgan fingerprint density at radius 3 is 2.44 bits per heavy atom. The van der Waals surface area contributed by atoms with Gasteiger partial charge in [0.1, 0.15) is 11.9 Å². The average Bonchev–Trinajstić information content (AvgIpc) is 3.09. The first-order valence-electron chi connectivity index (χ1n) is 16.4. The molecule has 5 rings (SSSR count). The van der Waals surface area contributed by atoms with Gasteiger partial charge in [0, 0.05) is 42.8 Å². The Labute approximate surface area is 267 Å². The van der Waals surface area contributed by atoms with E-state index in [1.54, 1.807) is 4.90 Å². The summed E-state index contributed by atoms with van der Waals surface area (Å²) in [4.78, 5) is 30.4. The number of benzene rings is 3. The van der Waals surface area contributed by atoms with E-state index < -0.39 is 0 Å². The second-order valence-corrected chi connectivity index (χ2v) is 12.9. The highest BCUT2D eigenvalue weighted by molar-refractivity contribution is 5.90. The molecule has 1 heterocycles. The van der Waals surface area contributed by atoms with Crippen molar-refractivity contribution in [3.8, 4) is 16.9 Å². The normalized spacial score (nSPS) is 19.9. The van der Waals surface area contributed by atoms with Crippen LogP contribution in [0.4, 0.5) is 10.5 Å². The number of hydrogen-bond acceptors (Lipinski definition) is 5. The van der Waals surface area contributed by atoms with E-state index in [1.165, 1.54) is 23.1 Å². The molecular weight excluding hydrogens is 564 g/mol. The Bertz CT molecular complexity index is 1410. The van der Waals surface area contributed by atoms with Crippen molar-refractivity contribution in [3.05, 3.63) is 83.9 Å². The molecule has 0 spiro atoms. The molecule has 0 radical (unpaired) electrons. The fraction of sp³-hybridized carbons (Fsp3) is 0.459. The van der Waals surface area contributed by atoms with Gasteiger partial charge in [-0.05, 0) is 61.7 Å². The van der Waals surface area contributed by atoms with E-state index in [1.807, 2.05) is 31.2 Å². The summed E-state index contributed by atoms with van der Waals surface area (Å²) in [5.74, 6) is 0.595. The van der Waals surface area contributed by atoms with Crippen molar-refractivity contribution in [2.75, 3.05) is 32.1 Å². The summed E-state index contributed by atoms with van der Waals surface area (Å²) in [7, 11) is 2.09. The lowest BCUT2D eigenvalue weighted by molar-refractivity contribution is -0.134. The van der Waals surface area contributed by atoms with Crippen LogP contribution in [0.25, 0.3) is 11.1 Å². The minimum atomic E-state index is -0.314. The Hall–Kier alpha value is -3.88. The lowest BCUT2D eigenvalue weighted by atomic mass is 9.96. The lowest BCUT2D eigenvalue weighted by Crippen LogP contribution is -2.47. The number of fused-ring (bicyclic) bond motifs is 1. The van der Waals surface area contributed by atoms with Crippen molar-refractivity contribution < 1.29 is 19.4 Å². The number of carbonyl (C=O) groups is 2. The number of likely N-dealkylation sites (N-methyl/N-ethyl adjacent to an activating group) is 1. The van der Waals surface area contributed by atoms with Crippen LogP contribution in [0.3, 0.4) is 0 Å². The largest absolute Gasteiger partial charge is 0.488 e. The number of hydrogen-bond donors (Lipinski definition) is 3. The molecule has 0 unspecified atom stereocenters. The highest BCUT2D eigenvalue weighted by Gasteiger charge is 2.31. The zero-order chi connectivity index (χ0) is 31.8. The smallest absolute Gasteiger partial charge is 0.319 e. The highest BCUT2D eigenvalue weighted by Crippen LogP contribution is 2.30. The van der Waals surface area contributed by atoms with E-state index in [0.717, 1.165) is 37.8 Å². The number of ether oxygens (including phenoxy) is 1. The molecular formula is C37H48N4O4.